The zero-order valence-electron chi connectivity index (χ0n) is 11.2. The molecule has 2 rings (SSSR count). The maximum atomic E-state index is 12.3. The minimum Gasteiger partial charge on any atom is -0.349 e. The van der Waals surface area contributed by atoms with E-state index in [0.717, 1.165) is 16.7 Å². The zero-order valence-corrected chi connectivity index (χ0v) is 11.2. The summed E-state index contributed by atoms with van der Waals surface area (Å²) in [5, 5.41) is 0. The number of ketones is 1. The molecule has 20 heavy (non-hydrogen) atoms. The summed E-state index contributed by atoms with van der Waals surface area (Å²) < 4.78 is 38.5. The second-order valence-corrected chi connectivity index (χ2v) is 4.90. The predicted octanol–water partition coefficient (Wildman–Crippen LogP) is 3.90. The summed E-state index contributed by atoms with van der Waals surface area (Å²) in [6.45, 7) is 4.36. The smallest absolute Gasteiger partial charge is 0.349 e. The summed E-state index contributed by atoms with van der Waals surface area (Å²) in [5.74, 6) is -1.81. The van der Waals surface area contributed by atoms with E-state index in [-0.39, 0.29) is 5.56 Å². The number of halogens is 3. The minimum absolute atomic E-state index is 0.332. The molecule has 2 aromatic rings. The van der Waals surface area contributed by atoms with Crippen LogP contribution in [-0.2, 0) is 6.54 Å². The van der Waals surface area contributed by atoms with Crippen LogP contribution < -0.4 is 0 Å². The summed E-state index contributed by atoms with van der Waals surface area (Å²) in [4.78, 5) is 11.1. The predicted molar refractivity (Wildman–Crippen MR) is 69.8 cm³/mol. The molecule has 0 radical (unpaired) electrons. The number of carbonyl (C=O) groups excluding carboxylic acids is 1. The van der Waals surface area contributed by atoms with Crippen LogP contribution in [0, 0.1) is 13.8 Å². The van der Waals surface area contributed by atoms with E-state index < -0.39 is 12.0 Å². The fourth-order valence-corrected chi connectivity index (χ4v) is 2.21. The Labute approximate surface area is 114 Å². The number of aromatic nitrogens is 1. The van der Waals surface area contributed by atoms with Gasteiger partial charge in [0.25, 0.3) is 5.78 Å². The lowest BCUT2D eigenvalue weighted by Crippen LogP contribution is -2.22. The van der Waals surface area contributed by atoms with Crippen molar-refractivity contribution >= 4 is 5.78 Å². The Morgan fingerprint density at radius 2 is 1.75 bits per heavy atom. The van der Waals surface area contributed by atoms with Gasteiger partial charge in [0.2, 0.25) is 0 Å². The summed E-state index contributed by atoms with van der Waals surface area (Å²) in [7, 11) is 0. The Morgan fingerprint density at radius 3 is 2.30 bits per heavy atom. The van der Waals surface area contributed by atoms with E-state index in [1.807, 2.05) is 32.0 Å². The third-order valence-electron chi connectivity index (χ3n) is 2.92. The monoisotopic (exact) mass is 281 g/mol. The van der Waals surface area contributed by atoms with Crippen molar-refractivity contribution in [2.45, 2.75) is 26.6 Å². The third kappa shape index (κ3) is 3.29. The first-order valence-electron chi connectivity index (χ1n) is 6.10. The fourth-order valence-electron chi connectivity index (χ4n) is 2.21. The lowest BCUT2D eigenvalue weighted by Gasteiger charge is -2.06. The molecule has 5 heteroatoms. The molecule has 0 N–H and O–H groups in total. The van der Waals surface area contributed by atoms with Crippen LogP contribution >= 0.6 is 0 Å². The fraction of sp³-hybridized carbons (Fsp3) is 0.267. The van der Waals surface area contributed by atoms with E-state index >= 15 is 0 Å². The topological polar surface area (TPSA) is 22.0 Å². The summed E-state index contributed by atoms with van der Waals surface area (Å²) in [6.07, 6.45) is -2.11. The average molecular weight is 281 g/mol. The normalized spacial score (nSPS) is 11.7. The van der Waals surface area contributed by atoms with E-state index in [1.165, 1.54) is 18.5 Å². The number of nitrogens with zero attached hydrogens (tertiary/aromatic N) is 1. The number of alkyl halides is 3. The number of Topliss-reactive ketones (excluding diaryl/α,β-unsaturated/α-hetero) is 1. The number of rotatable bonds is 3. The Balaban J connectivity index is 2.20. The van der Waals surface area contributed by atoms with Gasteiger partial charge in [-0.1, -0.05) is 29.3 Å². The molecule has 0 fully saturated rings. The molecule has 1 aromatic heterocycles. The van der Waals surface area contributed by atoms with Crippen LogP contribution in [0.1, 0.15) is 27.0 Å². The molecule has 0 unspecified atom stereocenters. The molecule has 0 saturated carbocycles. The first-order valence-corrected chi connectivity index (χ1v) is 6.10. The van der Waals surface area contributed by atoms with Crippen molar-refractivity contribution in [1.29, 1.82) is 0 Å². The average Bonchev–Trinajstić information content (AvgIpc) is 2.73. The highest BCUT2D eigenvalue weighted by molar-refractivity contribution is 6.00. The molecule has 0 amide bonds. The van der Waals surface area contributed by atoms with Crippen molar-refractivity contribution in [2.75, 3.05) is 0 Å². The second-order valence-electron chi connectivity index (χ2n) is 4.90. The van der Waals surface area contributed by atoms with Crippen LogP contribution in [0.25, 0.3) is 0 Å². The maximum absolute atomic E-state index is 12.3. The highest BCUT2D eigenvalue weighted by Gasteiger charge is 2.39. The highest BCUT2D eigenvalue weighted by atomic mass is 19.4. The third-order valence-corrected chi connectivity index (χ3v) is 2.92. The van der Waals surface area contributed by atoms with Crippen LogP contribution in [-0.4, -0.2) is 16.5 Å². The lowest BCUT2D eigenvalue weighted by molar-refractivity contribution is -0.0885. The van der Waals surface area contributed by atoms with Crippen LogP contribution in [0.5, 0.6) is 0 Å². The highest BCUT2D eigenvalue weighted by Crippen LogP contribution is 2.22. The molecule has 0 aliphatic heterocycles. The quantitative estimate of drug-likeness (QED) is 0.782. The first-order chi connectivity index (χ1) is 9.25. The summed E-state index contributed by atoms with van der Waals surface area (Å²) >= 11 is 0. The molecule has 0 aliphatic rings. The van der Waals surface area contributed by atoms with Gasteiger partial charge in [0.1, 0.15) is 0 Å². The van der Waals surface area contributed by atoms with Crippen molar-refractivity contribution < 1.29 is 18.0 Å². The molecule has 0 bridgehead atoms. The molecular weight excluding hydrogens is 267 g/mol. The van der Waals surface area contributed by atoms with E-state index in [0.29, 0.717) is 6.54 Å². The zero-order chi connectivity index (χ0) is 14.9. The SMILES string of the molecule is Cc1cc(C)cc(Cn2ccc(C(=O)C(F)(F)F)c2)c1. The molecule has 2 nitrogen and oxygen atoms in total. The van der Waals surface area contributed by atoms with Gasteiger partial charge < -0.3 is 4.57 Å². The van der Waals surface area contributed by atoms with Gasteiger partial charge in [-0.15, -0.1) is 0 Å². The van der Waals surface area contributed by atoms with E-state index in [2.05, 4.69) is 0 Å². The number of aryl methyl sites for hydroxylation is 2. The molecular formula is C15H14F3NO. The largest absolute Gasteiger partial charge is 0.454 e. The molecule has 0 atom stereocenters. The van der Waals surface area contributed by atoms with Gasteiger partial charge in [-0.2, -0.15) is 13.2 Å². The summed E-state index contributed by atoms with van der Waals surface area (Å²) in [5.41, 5.74) is 2.85. The van der Waals surface area contributed by atoms with Crippen molar-refractivity contribution in [3.05, 3.63) is 58.9 Å². The van der Waals surface area contributed by atoms with Crippen molar-refractivity contribution in [2.24, 2.45) is 0 Å². The Bertz CT molecular complexity index is 621. The molecule has 0 spiro atoms. The number of benzene rings is 1. The standard InChI is InChI=1S/C15H14F3NO/c1-10-5-11(2)7-12(6-10)8-19-4-3-13(9-19)14(20)15(16,17)18/h3-7,9H,8H2,1-2H3. The van der Waals surface area contributed by atoms with Crippen LogP contribution in [0.15, 0.2) is 36.7 Å². The number of hydrogen-bond acceptors (Lipinski definition) is 1. The van der Waals surface area contributed by atoms with Gasteiger partial charge in [-0.3, -0.25) is 4.79 Å². The van der Waals surface area contributed by atoms with E-state index in [4.69, 9.17) is 0 Å². The van der Waals surface area contributed by atoms with Gasteiger partial charge >= 0.3 is 6.18 Å². The molecule has 1 heterocycles. The van der Waals surface area contributed by atoms with Gasteiger partial charge in [0.15, 0.2) is 0 Å². The summed E-state index contributed by atoms with van der Waals surface area (Å²) in [6, 6.07) is 7.16. The van der Waals surface area contributed by atoms with Gasteiger partial charge in [-0.25, -0.2) is 0 Å². The van der Waals surface area contributed by atoms with Gasteiger partial charge in [0, 0.05) is 24.5 Å². The maximum Gasteiger partial charge on any atom is 0.454 e. The van der Waals surface area contributed by atoms with E-state index in [1.54, 1.807) is 4.57 Å². The lowest BCUT2D eigenvalue weighted by atomic mass is 10.1. The molecule has 0 aliphatic carbocycles. The Morgan fingerprint density at radius 1 is 1.15 bits per heavy atom. The van der Waals surface area contributed by atoms with Crippen LogP contribution in [0.4, 0.5) is 13.2 Å². The first kappa shape index (κ1) is 14.4. The van der Waals surface area contributed by atoms with Crippen LogP contribution in [0.2, 0.25) is 0 Å². The number of hydrogen-bond donors (Lipinski definition) is 0. The van der Waals surface area contributed by atoms with Crippen molar-refractivity contribution in [1.82, 2.24) is 4.57 Å². The van der Waals surface area contributed by atoms with Crippen molar-refractivity contribution in [3.63, 3.8) is 0 Å². The minimum atomic E-state index is -4.83. The molecule has 1 aromatic carbocycles. The van der Waals surface area contributed by atoms with Gasteiger partial charge in [-0.05, 0) is 25.5 Å². The Hall–Kier alpha value is -2.04. The van der Waals surface area contributed by atoms with Crippen molar-refractivity contribution in [3.8, 4) is 0 Å². The second kappa shape index (κ2) is 5.15. The van der Waals surface area contributed by atoms with E-state index in [9.17, 15) is 18.0 Å². The van der Waals surface area contributed by atoms with Crippen LogP contribution in [0.3, 0.4) is 0 Å². The Kier molecular flexibility index (Phi) is 3.70. The molecule has 0 saturated heterocycles. The molecule has 106 valence electrons. The van der Waals surface area contributed by atoms with Gasteiger partial charge in [0.05, 0.1) is 0 Å². The number of carbonyl (C=O) groups is 1.